The van der Waals surface area contributed by atoms with Crippen molar-refractivity contribution in [3.63, 3.8) is 0 Å². The summed E-state index contributed by atoms with van der Waals surface area (Å²) in [5.41, 5.74) is -0.0156. The van der Waals surface area contributed by atoms with E-state index >= 15 is 0 Å². The van der Waals surface area contributed by atoms with Crippen LogP contribution in [0, 0.1) is 5.92 Å². The minimum Gasteiger partial charge on any atom is -0.481 e. The molecule has 8 heteroatoms. The molecule has 140 valence electrons. The zero-order valence-corrected chi connectivity index (χ0v) is 15.1. The van der Waals surface area contributed by atoms with E-state index in [1.54, 1.807) is 18.3 Å². The van der Waals surface area contributed by atoms with E-state index in [2.05, 4.69) is 22.5 Å². The first kappa shape index (κ1) is 18.2. The Bertz CT molecular complexity index is 696. The van der Waals surface area contributed by atoms with Crippen molar-refractivity contribution in [3.05, 3.63) is 23.9 Å². The fourth-order valence-electron chi connectivity index (χ4n) is 3.45. The Morgan fingerprint density at radius 3 is 2.73 bits per heavy atom. The molecule has 0 unspecified atom stereocenters. The summed E-state index contributed by atoms with van der Waals surface area (Å²) in [5, 5.41) is 5.52. The highest BCUT2D eigenvalue weighted by Crippen LogP contribution is 2.36. The van der Waals surface area contributed by atoms with Crippen LogP contribution in [0.5, 0.6) is 5.88 Å². The number of amides is 4. The van der Waals surface area contributed by atoms with Crippen molar-refractivity contribution in [2.75, 3.05) is 13.7 Å². The van der Waals surface area contributed by atoms with Crippen LogP contribution in [-0.4, -0.2) is 46.9 Å². The molecule has 1 aromatic rings. The zero-order valence-electron chi connectivity index (χ0n) is 15.1. The molecule has 0 atom stereocenters. The van der Waals surface area contributed by atoms with E-state index < -0.39 is 11.6 Å². The van der Waals surface area contributed by atoms with Crippen molar-refractivity contribution in [2.24, 2.45) is 5.92 Å². The van der Waals surface area contributed by atoms with E-state index in [0.717, 1.165) is 23.3 Å². The van der Waals surface area contributed by atoms with Gasteiger partial charge in [0.05, 0.1) is 7.11 Å². The predicted octanol–water partition coefficient (Wildman–Crippen LogP) is 1.21. The second kappa shape index (κ2) is 7.31. The topological polar surface area (TPSA) is 101 Å². The Morgan fingerprint density at radius 2 is 2.12 bits per heavy atom. The average molecular weight is 360 g/mol. The summed E-state index contributed by atoms with van der Waals surface area (Å²) in [5.74, 6) is 0.383. The molecular weight excluding hydrogens is 336 g/mol. The predicted molar refractivity (Wildman–Crippen MR) is 93.2 cm³/mol. The van der Waals surface area contributed by atoms with Crippen molar-refractivity contribution in [3.8, 4) is 5.88 Å². The van der Waals surface area contributed by atoms with Gasteiger partial charge >= 0.3 is 6.03 Å². The number of pyridine rings is 1. The lowest BCUT2D eigenvalue weighted by Gasteiger charge is -2.33. The van der Waals surface area contributed by atoms with Crippen molar-refractivity contribution in [1.82, 2.24) is 20.5 Å². The fourth-order valence-corrected chi connectivity index (χ4v) is 3.45. The molecule has 2 N–H and O–H groups in total. The first-order chi connectivity index (χ1) is 12.4. The Kier molecular flexibility index (Phi) is 5.11. The summed E-state index contributed by atoms with van der Waals surface area (Å²) < 4.78 is 4.98. The Balaban J connectivity index is 1.55. The number of carbonyl (C=O) groups is 3. The second-order valence-corrected chi connectivity index (χ2v) is 7.07. The van der Waals surface area contributed by atoms with E-state index in [-0.39, 0.29) is 24.9 Å². The molecule has 1 saturated carbocycles. The first-order valence-corrected chi connectivity index (χ1v) is 8.83. The zero-order chi connectivity index (χ0) is 18.7. The van der Waals surface area contributed by atoms with Gasteiger partial charge in [-0.3, -0.25) is 14.5 Å². The molecule has 4 amide bonds. The Labute approximate surface area is 152 Å². The van der Waals surface area contributed by atoms with Crippen LogP contribution in [0.1, 0.15) is 38.2 Å². The minimum atomic E-state index is -0.816. The summed E-state index contributed by atoms with van der Waals surface area (Å²) in [6, 6.07) is 3.01. The molecule has 0 aromatic carbocycles. The van der Waals surface area contributed by atoms with E-state index in [0.29, 0.717) is 24.6 Å². The molecule has 0 radical (unpaired) electrons. The number of urea groups is 1. The van der Waals surface area contributed by atoms with E-state index in [1.807, 2.05) is 0 Å². The molecule has 8 nitrogen and oxygen atoms in total. The molecule has 0 bridgehead atoms. The van der Waals surface area contributed by atoms with Crippen LogP contribution >= 0.6 is 0 Å². The molecule has 2 fully saturated rings. The highest BCUT2D eigenvalue weighted by molar-refractivity contribution is 6.09. The van der Waals surface area contributed by atoms with Gasteiger partial charge < -0.3 is 15.4 Å². The fraction of sp³-hybridized carbons (Fsp3) is 0.556. The molecular formula is C18H24N4O4. The maximum absolute atomic E-state index is 12.7. The minimum absolute atomic E-state index is 0.266. The van der Waals surface area contributed by atoms with Gasteiger partial charge in [0.1, 0.15) is 12.1 Å². The van der Waals surface area contributed by atoms with Gasteiger partial charge in [0.2, 0.25) is 11.8 Å². The quantitative estimate of drug-likeness (QED) is 0.769. The van der Waals surface area contributed by atoms with Gasteiger partial charge in [-0.1, -0.05) is 13.0 Å². The molecule has 1 saturated heterocycles. The van der Waals surface area contributed by atoms with Crippen LogP contribution in [0.2, 0.25) is 0 Å². The van der Waals surface area contributed by atoms with Crippen molar-refractivity contribution >= 4 is 17.8 Å². The van der Waals surface area contributed by atoms with E-state index in [9.17, 15) is 14.4 Å². The number of hydrogen-bond acceptors (Lipinski definition) is 5. The highest BCUT2D eigenvalue weighted by Gasteiger charge is 2.52. The third-order valence-corrected chi connectivity index (χ3v) is 5.17. The number of hydrogen-bond donors (Lipinski definition) is 2. The Hall–Kier alpha value is -2.64. The molecule has 2 aliphatic rings. The lowest BCUT2D eigenvalue weighted by Crippen LogP contribution is -2.49. The maximum Gasteiger partial charge on any atom is 0.325 e. The van der Waals surface area contributed by atoms with Gasteiger partial charge in [0.25, 0.3) is 5.91 Å². The smallest absolute Gasteiger partial charge is 0.325 e. The van der Waals surface area contributed by atoms with E-state index in [4.69, 9.17) is 4.74 Å². The molecule has 1 aliphatic heterocycles. The lowest BCUT2D eigenvalue weighted by molar-refractivity contribution is -0.136. The van der Waals surface area contributed by atoms with Gasteiger partial charge in [-0.05, 0) is 37.2 Å². The summed E-state index contributed by atoms with van der Waals surface area (Å²) in [4.78, 5) is 42.2. The third-order valence-electron chi connectivity index (χ3n) is 5.17. The molecule has 1 aromatic heterocycles. The molecule has 2 heterocycles. The molecule has 3 rings (SSSR count). The van der Waals surface area contributed by atoms with Crippen LogP contribution in [0.3, 0.4) is 0 Å². The maximum atomic E-state index is 12.7. The first-order valence-electron chi connectivity index (χ1n) is 8.83. The lowest BCUT2D eigenvalue weighted by atomic mass is 9.77. The van der Waals surface area contributed by atoms with Crippen LogP contribution in [0.4, 0.5) is 4.79 Å². The summed E-state index contributed by atoms with van der Waals surface area (Å²) in [7, 11) is 1.53. The number of rotatable bonds is 5. The molecule has 1 spiro atoms. The van der Waals surface area contributed by atoms with Crippen molar-refractivity contribution in [1.29, 1.82) is 0 Å². The van der Waals surface area contributed by atoms with Gasteiger partial charge in [-0.2, -0.15) is 0 Å². The van der Waals surface area contributed by atoms with Crippen LogP contribution in [0.15, 0.2) is 18.3 Å². The summed E-state index contributed by atoms with van der Waals surface area (Å²) >= 11 is 0. The van der Waals surface area contributed by atoms with Gasteiger partial charge in [-0.15, -0.1) is 0 Å². The SMILES string of the molecule is COc1ccc(CNC(=O)CN2C(=O)NC3(CCC(C)CC3)C2=O)cn1. The second-order valence-electron chi connectivity index (χ2n) is 7.07. The molecule has 26 heavy (non-hydrogen) atoms. The van der Waals surface area contributed by atoms with Crippen molar-refractivity contribution < 1.29 is 19.1 Å². The normalized spacial score (nSPS) is 25.3. The summed E-state index contributed by atoms with van der Waals surface area (Å²) in [6.07, 6.45) is 4.67. The van der Waals surface area contributed by atoms with E-state index in [1.165, 1.54) is 7.11 Å². The number of carbonyl (C=O) groups excluding carboxylic acids is 3. The highest BCUT2D eigenvalue weighted by atomic mass is 16.5. The van der Waals surface area contributed by atoms with Crippen LogP contribution in [-0.2, 0) is 16.1 Å². The van der Waals surface area contributed by atoms with Gasteiger partial charge in [-0.25, -0.2) is 9.78 Å². The van der Waals surface area contributed by atoms with Crippen LogP contribution < -0.4 is 15.4 Å². The number of methoxy groups -OCH3 is 1. The Morgan fingerprint density at radius 1 is 1.38 bits per heavy atom. The molecule has 1 aliphatic carbocycles. The van der Waals surface area contributed by atoms with Crippen molar-refractivity contribution in [2.45, 2.75) is 44.7 Å². The standard InChI is InChI=1S/C18H24N4O4/c1-12-5-7-18(8-6-12)16(24)22(17(25)21-18)11-14(23)19-9-13-3-4-15(26-2)20-10-13/h3-4,10,12H,5-9,11H2,1-2H3,(H,19,23)(H,21,25). The number of nitrogens with one attached hydrogen (secondary N) is 2. The van der Waals surface area contributed by atoms with Gasteiger partial charge in [0.15, 0.2) is 0 Å². The number of aromatic nitrogens is 1. The van der Waals surface area contributed by atoms with Gasteiger partial charge in [0, 0.05) is 18.8 Å². The number of nitrogens with zero attached hydrogens (tertiary/aromatic N) is 2. The summed E-state index contributed by atoms with van der Waals surface area (Å²) in [6.45, 7) is 2.14. The average Bonchev–Trinajstić information content (AvgIpc) is 2.87. The third kappa shape index (κ3) is 3.63. The van der Waals surface area contributed by atoms with Crippen LogP contribution in [0.25, 0.3) is 0 Å². The monoisotopic (exact) mass is 360 g/mol. The largest absolute Gasteiger partial charge is 0.481 e. The number of imide groups is 1. The number of ether oxygens (including phenoxy) is 1.